The van der Waals surface area contributed by atoms with Crippen LogP contribution in [0.1, 0.15) is 29.5 Å². The number of hydrogen-bond acceptors (Lipinski definition) is 0. The van der Waals surface area contributed by atoms with Gasteiger partial charge in [0.1, 0.15) is 0 Å². The van der Waals surface area contributed by atoms with Gasteiger partial charge in [0.15, 0.2) is 0 Å². The minimum atomic E-state index is -0.379. The molecule has 0 saturated heterocycles. The minimum absolute atomic E-state index is 0.213. The number of hydrogen-bond donors (Lipinski definition) is 0. The topological polar surface area (TPSA) is 0 Å². The molecule has 0 saturated carbocycles. The van der Waals surface area contributed by atoms with E-state index in [1.54, 1.807) is 0 Å². The predicted octanol–water partition coefficient (Wildman–Crippen LogP) is 3.44. The second-order valence-corrected chi connectivity index (χ2v) is 3.41. The second-order valence-electron chi connectivity index (χ2n) is 3.41. The fourth-order valence-corrected chi connectivity index (χ4v) is 1.50. The van der Waals surface area contributed by atoms with Crippen LogP contribution in [0.2, 0.25) is 0 Å². The third-order valence-electron chi connectivity index (χ3n) is 2.31. The number of benzene rings is 1. The monoisotopic (exact) mass is 179 g/mol. The highest BCUT2D eigenvalue weighted by atomic mass is 19.1. The van der Waals surface area contributed by atoms with Crippen molar-refractivity contribution in [3.8, 4) is 0 Å². The Bertz CT molecular complexity index is 278. The van der Waals surface area contributed by atoms with Gasteiger partial charge in [-0.15, -0.1) is 0 Å². The first-order chi connectivity index (χ1) is 6.19. The van der Waals surface area contributed by atoms with Crippen molar-refractivity contribution in [2.45, 2.75) is 26.2 Å². The lowest BCUT2D eigenvalue weighted by Crippen LogP contribution is -2.01. The second kappa shape index (κ2) is 4.40. The first kappa shape index (κ1) is 10.2. The maximum absolute atomic E-state index is 12.5. The molecule has 1 aromatic carbocycles. The molecule has 1 radical (unpaired) electrons. The van der Waals surface area contributed by atoms with Gasteiger partial charge in [-0.3, -0.25) is 4.39 Å². The zero-order valence-corrected chi connectivity index (χ0v) is 8.31. The largest absolute Gasteiger partial charge is 0.250 e. The number of rotatable bonds is 3. The molecule has 0 spiro atoms. The molecule has 0 aliphatic rings. The van der Waals surface area contributed by atoms with Crippen LogP contribution in [0.4, 0.5) is 4.39 Å². The predicted molar refractivity (Wildman–Crippen MR) is 54.6 cm³/mol. The van der Waals surface area contributed by atoms with Gasteiger partial charge >= 0.3 is 0 Å². The first-order valence-electron chi connectivity index (χ1n) is 4.67. The van der Waals surface area contributed by atoms with E-state index in [0.29, 0.717) is 0 Å². The van der Waals surface area contributed by atoms with Gasteiger partial charge in [-0.25, -0.2) is 0 Å². The van der Waals surface area contributed by atoms with Crippen molar-refractivity contribution < 1.29 is 4.39 Å². The van der Waals surface area contributed by atoms with Gasteiger partial charge < -0.3 is 0 Å². The molecule has 1 unspecified atom stereocenters. The van der Waals surface area contributed by atoms with Gasteiger partial charge in [-0.2, -0.15) is 0 Å². The quantitative estimate of drug-likeness (QED) is 0.666. The summed E-state index contributed by atoms with van der Waals surface area (Å²) in [6, 6.07) is 6.17. The summed E-state index contributed by atoms with van der Waals surface area (Å²) in [5, 5.41) is 0. The van der Waals surface area contributed by atoms with Crippen LogP contribution >= 0.6 is 0 Å². The lowest BCUT2D eigenvalue weighted by molar-refractivity contribution is 0.464. The molecule has 1 atom stereocenters. The lowest BCUT2D eigenvalue weighted by atomic mass is 9.93. The van der Waals surface area contributed by atoms with Crippen LogP contribution in [0.25, 0.3) is 0 Å². The maximum Gasteiger partial charge on any atom is 0.0963 e. The zero-order valence-electron chi connectivity index (χ0n) is 8.31. The molecule has 1 rings (SSSR count). The minimum Gasteiger partial charge on any atom is -0.250 e. The average Bonchev–Trinajstić information content (AvgIpc) is 2.16. The smallest absolute Gasteiger partial charge is 0.0963 e. The normalized spacial score (nSPS) is 12.9. The van der Waals surface area contributed by atoms with Crippen LogP contribution in [0.5, 0.6) is 0 Å². The first-order valence-corrected chi connectivity index (χ1v) is 4.67. The van der Waals surface area contributed by atoms with Gasteiger partial charge in [0.25, 0.3) is 0 Å². The van der Waals surface area contributed by atoms with Crippen molar-refractivity contribution >= 4 is 0 Å². The third-order valence-corrected chi connectivity index (χ3v) is 2.31. The van der Waals surface area contributed by atoms with Crippen molar-refractivity contribution in [2.24, 2.45) is 0 Å². The highest BCUT2D eigenvalue weighted by Crippen LogP contribution is 2.21. The van der Waals surface area contributed by atoms with Crippen molar-refractivity contribution in [3.63, 3.8) is 0 Å². The molecule has 0 aliphatic heterocycles. The van der Waals surface area contributed by atoms with Gasteiger partial charge in [0.05, 0.1) is 6.67 Å². The van der Waals surface area contributed by atoms with Crippen LogP contribution < -0.4 is 0 Å². The highest BCUT2D eigenvalue weighted by molar-refractivity contribution is 5.34. The Morgan fingerprint density at radius 2 is 2.15 bits per heavy atom. The van der Waals surface area contributed by atoms with E-state index in [1.165, 1.54) is 11.1 Å². The fourth-order valence-electron chi connectivity index (χ4n) is 1.50. The maximum atomic E-state index is 12.5. The van der Waals surface area contributed by atoms with E-state index < -0.39 is 0 Å². The van der Waals surface area contributed by atoms with Crippen molar-refractivity contribution in [3.05, 3.63) is 41.8 Å². The molecular formula is C12H16F. The van der Waals surface area contributed by atoms with E-state index in [9.17, 15) is 4.39 Å². The summed E-state index contributed by atoms with van der Waals surface area (Å²) < 4.78 is 12.5. The standard InChI is InChI=1S/C12H16F/c1-4-11-6-5-9(2)7-12(11)10(3)8-13/h5-7,10H,3-4,8H2,1-2H3. The van der Waals surface area contributed by atoms with Crippen LogP contribution in [-0.2, 0) is 6.42 Å². The van der Waals surface area contributed by atoms with Gasteiger partial charge in [-0.1, -0.05) is 30.7 Å². The number of aryl methyl sites for hydroxylation is 2. The molecule has 0 N–H and O–H groups in total. The Labute approximate surface area is 79.8 Å². The molecule has 13 heavy (non-hydrogen) atoms. The summed E-state index contributed by atoms with van der Waals surface area (Å²) in [5.74, 6) is -0.213. The molecule has 71 valence electrons. The molecule has 0 heterocycles. The lowest BCUT2D eigenvalue weighted by Gasteiger charge is -2.13. The van der Waals surface area contributed by atoms with E-state index >= 15 is 0 Å². The third kappa shape index (κ3) is 2.30. The van der Waals surface area contributed by atoms with Gasteiger partial charge in [0, 0.05) is 5.92 Å². The Balaban J connectivity index is 3.07. The number of alkyl halides is 1. The average molecular weight is 179 g/mol. The van der Waals surface area contributed by atoms with E-state index in [2.05, 4.69) is 26.0 Å². The van der Waals surface area contributed by atoms with E-state index in [4.69, 9.17) is 0 Å². The fraction of sp³-hybridized carbons (Fsp3) is 0.417. The molecule has 0 amide bonds. The van der Waals surface area contributed by atoms with Crippen LogP contribution in [0.3, 0.4) is 0 Å². The van der Waals surface area contributed by atoms with Crippen LogP contribution in [0, 0.1) is 13.8 Å². The Morgan fingerprint density at radius 1 is 1.46 bits per heavy atom. The van der Waals surface area contributed by atoms with E-state index in [1.807, 2.05) is 13.0 Å². The molecular weight excluding hydrogens is 163 g/mol. The Morgan fingerprint density at radius 3 is 2.69 bits per heavy atom. The summed E-state index contributed by atoms with van der Waals surface area (Å²) in [6.07, 6.45) is 0.946. The van der Waals surface area contributed by atoms with E-state index in [0.717, 1.165) is 12.0 Å². The molecule has 0 aromatic heterocycles. The molecule has 1 heteroatoms. The van der Waals surface area contributed by atoms with Crippen molar-refractivity contribution in [1.29, 1.82) is 0 Å². The van der Waals surface area contributed by atoms with Crippen LogP contribution in [-0.4, -0.2) is 6.67 Å². The van der Waals surface area contributed by atoms with E-state index in [-0.39, 0.29) is 12.6 Å². The summed E-state index contributed by atoms with van der Waals surface area (Å²) >= 11 is 0. The SMILES string of the molecule is [CH2]C(CF)c1cc(C)ccc1CC. The van der Waals surface area contributed by atoms with Gasteiger partial charge in [0.2, 0.25) is 0 Å². The zero-order chi connectivity index (χ0) is 9.84. The summed E-state index contributed by atoms with van der Waals surface area (Å²) in [6.45, 7) is 7.53. The molecule has 1 aromatic rings. The molecule has 0 nitrogen and oxygen atoms in total. The van der Waals surface area contributed by atoms with Crippen molar-refractivity contribution in [1.82, 2.24) is 0 Å². The number of halogens is 1. The summed E-state index contributed by atoms with van der Waals surface area (Å²) in [7, 11) is 0. The Hall–Kier alpha value is -0.850. The van der Waals surface area contributed by atoms with Crippen LogP contribution in [0.15, 0.2) is 18.2 Å². The van der Waals surface area contributed by atoms with Gasteiger partial charge in [-0.05, 0) is 31.4 Å². The Kier molecular flexibility index (Phi) is 3.47. The summed E-state index contributed by atoms with van der Waals surface area (Å²) in [4.78, 5) is 0. The molecule has 0 aliphatic carbocycles. The van der Waals surface area contributed by atoms with Crippen molar-refractivity contribution in [2.75, 3.05) is 6.67 Å². The summed E-state index contributed by atoms with van der Waals surface area (Å²) in [5.41, 5.74) is 3.45. The highest BCUT2D eigenvalue weighted by Gasteiger charge is 2.09. The molecule has 0 fully saturated rings. The molecule has 0 bridgehead atoms.